The molecule has 2 rings (SSSR count). The van der Waals surface area contributed by atoms with Gasteiger partial charge in [0.05, 0.1) is 0 Å². The summed E-state index contributed by atoms with van der Waals surface area (Å²) in [6, 6.07) is 0.201. The van der Waals surface area contributed by atoms with E-state index in [4.69, 9.17) is 0 Å². The van der Waals surface area contributed by atoms with Gasteiger partial charge in [0.15, 0.2) is 0 Å². The van der Waals surface area contributed by atoms with Gasteiger partial charge in [-0.1, -0.05) is 23.8 Å². The van der Waals surface area contributed by atoms with E-state index in [1.807, 2.05) is 16.7 Å². The fourth-order valence-corrected chi connectivity index (χ4v) is 2.74. The number of urea groups is 1. The van der Waals surface area contributed by atoms with Gasteiger partial charge in [0, 0.05) is 32.7 Å². The molecule has 4 nitrogen and oxygen atoms in total. The Balaban J connectivity index is 1.72. The maximum atomic E-state index is 12.2. The third-order valence-electron chi connectivity index (χ3n) is 4.23. The predicted molar refractivity (Wildman–Crippen MR) is 82.8 cm³/mol. The van der Waals surface area contributed by atoms with Crippen molar-refractivity contribution in [3.8, 4) is 0 Å². The Morgan fingerprint density at radius 1 is 1.10 bits per heavy atom. The molecule has 2 heterocycles. The Labute approximate surface area is 122 Å². The van der Waals surface area contributed by atoms with Gasteiger partial charge in [-0.05, 0) is 39.8 Å². The Morgan fingerprint density at radius 2 is 1.80 bits per heavy atom. The molecule has 2 aliphatic heterocycles. The molecule has 2 fully saturated rings. The minimum absolute atomic E-state index is 0.201. The van der Waals surface area contributed by atoms with Crippen molar-refractivity contribution < 1.29 is 4.79 Å². The van der Waals surface area contributed by atoms with Crippen molar-refractivity contribution >= 4 is 6.03 Å². The predicted octanol–water partition coefficient (Wildman–Crippen LogP) is 2.34. The second-order valence-corrected chi connectivity index (χ2v) is 5.70. The molecule has 0 bridgehead atoms. The lowest BCUT2D eigenvalue weighted by atomic mass is 10.2. The highest BCUT2D eigenvalue weighted by Crippen LogP contribution is 2.11. The molecule has 0 atom stereocenters. The van der Waals surface area contributed by atoms with Gasteiger partial charge in [0.2, 0.25) is 0 Å². The molecule has 4 heteroatoms. The van der Waals surface area contributed by atoms with Crippen LogP contribution in [0.4, 0.5) is 4.79 Å². The van der Waals surface area contributed by atoms with Crippen molar-refractivity contribution in [2.75, 3.05) is 45.8 Å². The number of hydrogen-bond acceptors (Lipinski definition) is 2. The van der Waals surface area contributed by atoms with E-state index in [0.717, 1.165) is 32.7 Å². The number of carbonyl (C=O) groups excluding carboxylic acids is 1. The number of nitrogens with zero attached hydrogens (tertiary/aromatic N) is 3. The molecular weight excluding hydrogens is 250 g/mol. The quantitative estimate of drug-likeness (QED) is 0.697. The van der Waals surface area contributed by atoms with Crippen molar-refractivity contribution in [1.82, 2.24) is 14.7 Å². The minimum Gasteiger partial charge on any atom is -0.322 e. The molecule has 0 aromatic heterocycles. The van der Waals surface area contributed by atoms with E-state index < -0.39 is 0 Å². The first-order chi connectivity index (χ1) is 9.70. The van der Waals surface area contributed by atoms with Crippen LogP contribution in [0.3, 0.4) is 0 Å². The number of carbonyl (C=O) groups is 1. The summed E-state index contributed by atoms with van der Waals surface area (Å²) in [6.07, 6.45) is 8.87. The van der Waals surface area contributed by atoms with Crippen LogP contribution in [0.25, 0.3) is 0 Å². The maximum absolute atomic E-state index is 12.2. The number of hydrogen-bond donors (Lipinski definition) is 0. The number of amides is 2. The van der Waals surface area contributed by atoms with Gasteiger partial charge in [-0.25, -0.2) is 4.79 Å². The van der Waals surface area contributed by atoms with E-state index in [-0.39, 0.29) is 6.03 Å². The monoisotopic (exact) mass is 277 g/mol. The van der Waals surface area contributed by atoms with Crippen molar-refractivity contribution in [2.45, 2.75) is 26.7 Å². The lowest BCUT2D eigenvalue weighted by molar-refractivity contribution is 0.189. The van der Waals surface area contributed by atoms with Crippen LogP contribution in [-0.2, 0) is 0 Å². The smallest absolute Gasteiger partial charge is 0.320 e. The van der Waals surface area contributed by atoms with Crippen LogP contribution in [0.15, 0.2) is 23.8 Å². The summed E-state index contributed by atoms with van der Waals surface area (Å²) in [4.78, 5) is 18.6. The van der Waals surface area contributed by atoms with E-state index in [1.165, 1.54) is 31.5 Å². The van der Waals surface area contributed by atoms with Crippen LogP contribution in [0.2, 0.25) is 0 Å². The van der Waals surface area contributed by atoms with E-state index in [0.29, 0.717) is 0 Å². The molecule has 0 aromatic rings. The van der Waals surface area contributed by atoms with E-state index in [1.54, 1.807) is 0 Å². The van der Waals surface area contributed by atoms with Gasteiger partial charge < -0.3 is 14.7 Å². The van der Waals surface area contributed by atoms with Crippen LogP contribution >= 0.6 is 0 Å². The fourth-order valence-electron chi connectivity index (χ4n) is 2.74. The lowest BCUT2D eigenvalue weighted by Crippen LogP contribution is -2.37. The number of likely N-dealkylation sites (tertiary alicyclic amines) is 1. The molecule has 0 aromatic carbocycles. The summed E-state index contributed by atoms with van der Waals surface area (Å²) >= 11 is 0. The molecule has 20 heavy (non-hydrogen) atoms. The second kappa shape index (κ2) is 7.48. The lowest BCUT2D eigenvalue weighted by Gasteiger charge is -2.21. The zero-order valence-electron chi connectivity index (χ0n) is 12.8. The largest absolute Gasteiger partial charge is 0.322 e. The molecule has 0 spiro atoms. The molecule has 0 N–H and O–H groups in total. The van der Waals surface area contributed by atoms with Crippen molar-refractivity contribution in [3.63, 3.8) is 0 Å². The molecule has 2 saturated heterocycles. The third kappa shape index (κ3) is 4.10. The summed E-state index contributed by atoms with van der Waals surface area (Å²) in [7, 11) is 0. The van der Waals surface area contributed by atoms with Crippen molar-refractivity contribution in [1.29, 1.82) is 0 Å². The highest BCUT2D eigenvalue weighted by Gasteiger charge is 2.27. The van der Waals surface area contributed by atoms with Crippen molar-refractivity contribution in [3.05, 3.63) is 23.8 Å². The Kier molecular flexibility index (Phi) is 5.65. The van der Waals surface area contributed by atoms with Gasteiger partial charge in [0.1, 0.15) is 0 Å². The maximum Gasteiger partial charge on any atom is 0.320 e. The minimum atomic E-state index is 0.201. The molecular formula is C16H27N3O. The van der Waals surface area contributed by atoms with Crippen LogP contribution in [0.5, 0.6) is 0 Å². The van der Waals surface area contributed by atoms with Gasteiger partial charge >= 0.3 is 6.03 Å². The van der Waals surface area contributed by atoms with E-state index >= 15 is 0 Å². The zero-order valence-corrected chi connectivity index (χ0v) is 12.8. The topological polar surface area (TPSA) is 26.8 Å². The van der Waals surface area contributed by atoms with Crippen LogP contribution in [0, 0.1) is 0 Å². The first-order valence-corrected chi connectivity index (χ1v) is 7.76. The van der Waals surface area contributed by atoms with Crippen LogP contribution in [0.1, 0.15) is 26.7 Å². The molecule has 0 radical (unpaired) electrons. The SMILES string of the molecule is C/C=C(C)\C=C/CN1CCN(CCN2CCCC2)C1=O. The van der Waals surface area contributed by atoms with Crippen LogP contribution < -0.4 is 0 Å². The van der Waals surface area contributed by atoms with Gasteiger partial charge in [0.25, 0.3) is 0 Å². The number of allylic oxidation sites excluding steroid dienone is 3. The van der Waals surface area contributed by atoms with E-state index in [9.17, 15) is 4.79 Å². The first kappa shape index (κ1) is 15.1. The Hall–Kier alpha value is -1.29. The number of rotatable bonds is 6. The normalized spacial score (nSPS) is 21.7. The molecule has 2 aliphatic rings. The summed E-state index contributed by atoms with van der Waals surface area (Å²) in [6.45, 7) is 10.9. The molecule has 0 unspecified atom stereocenters. The average Bonchev–Trinajstić information content (AvgIpc) is 3.08. The van der Waals surface area contributed by atoms with Gasteiger partial charge in [-0.15, -0.1) is 0 Å². The highest BCUT2D eigenvalue weighted by molar-refractivity contribution is 5.76. The summed E-state index contributed by atoms with van der Waals surface area (Å²) in [5.74, 6) is 0. The average molecular weight is 277 g/mol. The highest BCUT2D eigenvalue weighted by atomic mass is 16.2. The summed E-state index contributed by atoms with van der Waals surface area (Å²) in [5, 5.41) is 0. The first-order valence-electron chi connectivity index (χ1n) is 7.76. The second-order valence-electron chi connectivity index (χ2n) is 5.70. The van der Waals surface area contributed by atoms with Crippen LogP contribution in [-0.4, -0.2) is 66.5 Å². The van der Waals surface area contributed by atoms with E-state index in [2.05, 4.69) is 30.1 Å². The standard InChI is InChI=1S/C16H27N3O/c1-3-15(2)7-6-10-18-13-14-19(16(18)20)12-11-17-8-4-5-9-17/h3,6-7H,4-5,8-14H2,1-2H3/b7-6-,15-3-. The fraction of sp³-hybridized carbons (Fsp3) is 0.688. The third-order valence-corrected chi connectivity index (χ3v) is 4.23. The van der Waals surface area contributed by atoms with Crippen molar-refractivity contribution in [2.24, 2.45) is 0 Å². The van der Waals surface area contributed by atoms with Gasteiger partial charge in [-0.2, -0.15) is 0 Å². The summed E-state index contributed by atoms with van der Waals surface area (Å²) in [5.41, 5.74) is 1.24. The molecule has 0 aliphatic carbocycles. The molecule has 112 valence electrons. The summed E-state index contributed by atoms with van der Waals surface area (Å²) < 4.78 is 0. The Bertz CT molecular complexity index is 383. The Morgan fingerprint density at radius 3 is 2.50 bits per heavy atom. The molecule has 0 saturated carbocycles. The zero-order chi connectivity index (χ0) is 14.4. The molecule has 2 amide bonds. The van der Waals surface area contributed by atoms with Gasteiger partial charge in [-0.3, -0.25) is 0 Å².